The molecule has 0 aliphatic carbocycles. The molecule has 2 unspecified atom stereocenters. The van der Waals surface area contributed by atoms with Gasteiger partial charge in [-0.25, -0.2) is 0 Å². The predicted molar refractivity (Wildman–Crippen MR) is 131 cm³/mol. The summed E-state index contributed by atoms with van der Waals surface area (Å²) < 4.78 is 1.97. The number of hydrogen-bond donors (Lipinski definition) is 2. The van der Waals surface area contributed by atoms with E-state index in [1.807, 2.05) is 23.1 Å². The van der Waals surface area contributed by atoms with Gasteiger partial charge in [-0.15, -0.1) is 24.0 Å². The van der Waals surface area contributed by atoms with E-state index in [0.717, 1.165) is 32.1 Å². The molecule has 0 radical (unpaired) electrons. The maximum atomic E-state index is 4.82. The molecule has 0 saturated carbocycles. The first-order chi connectivity index (χ1) is 13.8. The van der Waals surface area contributed by atoms with Crippen LogP contribution < -0.4 is 10.6 Å². The Bertz CT molecular complexity index is 697. The fourth-order valence-corrected chi connectivity index (χ4v) is 3.75. The van der Waals surface area contributed by atoms with Crippen molar-refractivity contribution in [3.8, 4) is 0 Å². The van der Waals surface area contributed by atoms with Crippen LogP contribution in [0.3, 0.4) is 0 Å². The minimum absolute atomic E-state index is 0. The second-order valence-corrected chi connectivity index (χ2v) is 7.60. The van der Waals surface area contributed by atoms with Crippen LogP contribution in [0.15, 0.2) is 53.8 Å². The van der Waals surface area contributed by atoms with Crippen molar-refractivity contribution in [2.75, 3.05) is 32.7 Å². The van der Waals surface area contributed by atoms with Gasteiger partial charge in [0.1, 0.15) is 0 Å². The molecule has 1 saturated heterocycles. The lowest BCUT2D eigenvalue weighted by molar-refractivity contribution is 0.245. The summed E-state index contributed by atoms with van der Waals surface area (Å²) in [5.74, 6) is 1.33. The molecule has 2 N–H and O–H groups in total. The second-order valence-electron chi connectivity index (χ2n) is 7.60. The van der Waals surface area contributed by atoms with E-state index < -0.39 is 0 Å². The van der Waals surface area contributed by atoms with Gasteiger partial charge in [0.05, 0.1) is 6.04 Å². The Balaban J connectivity index is 0.00000300. The van der Waals surface area contributed by atoms with E-state index in [-0.39, 0.29) is 24.0 Å². The van der Waals surface area contributed by atoms with Crippen LogP contribution in [0, 0.1) is 5.92 Å². The number of likely N-dealkylation sites (tertiary alicyclic amines) is 1. The summed E-state index contributed by atoms with van der Waals surface area (Å²) in [6.45, 7) is 10.1. The topological polar surface area (TPSA) is 57.5 Å². The van der Waals surface area contributed by atoms with Crippen molar-refractivity contribution in [3.05, 3.63) is 54.4 Å². The minimum Gasteiger partial charge on any atom is -0.357 e. The van der Waals surface area contributed by atoms with Crippen LogP contribution in [-0.2, 0) is 6.54 Å². The van der Waals surface area contributed by atoms with E-state index in [0.29, 0.717) is 12.0 Å². The molecular formula is C22H35IN6. The van der Waals surface area contributed by atoms with Gasteiger partial charge in [0.2, 0.25) is 0 Å². The number of nitrogens with one attached hydrogen (secondary N) is 2. The van der Waals surface area contributed by atoms with Crippen molar-refractivity contribution < 1.29 is 0 Å². The van der Waals surface area contributed by atoms with E-state index in [1.54, 1.807) is 0 Å². The lowest BCUT2D eigenvalue weighted by atomic mass is 10.1. The van der Waals surface area contributed by atoms with Gasteiger partial charge in [-0.1, -0.05) is 37.3 Å². The normalized spacial score (nSPS) is 16.8. The number of halogens is 1. The SMILES string of the molecule is CCNC(=NCC(C)Cn1cccn1)NCC(c1ccccc1)N1CCCC1.I. The molecule has 0 spiro atoms. The minimum atomic E-state index is 0. The summed E-state index contributed by atoms with van der Waals surface area (Å²) in [6, 6.07) is 13.2. The Morgan fingerprint density at radius 2 is 1.90 bits per heavy atom. The molecule has 7 heteroatoms. The van der Waals surface area contributed by atoms with E-state index in [1.165, 1.54) is 31.5 Å². The molecule has 1 aliphatic heterocycles. The quantitative estimate of drug-likeness (QED) is 0.308. The van der Waals surface area contributed by atoms with Crippen molar-refractivity contribution in [2.45, 2.75) is 39.3 Å². The Kier molecular flexibility index (Phi) is 10.5. The van der Waals surface area contributed by atoms with Gasteiger partial charge < -0.3 is 10.6 Å². The zero-order valence-electron chi connectivity index (χ0n) is 17.6. The molecule has 0 bridgehead atoms. The smallest absolute Gasteiger partial charge is 0.191 e. The van der Waals surface area contributed by atoms with Gasteiger partial charge in [0.25, 0.3) is 0 Å². The first kappa shape index (κ1) is 23.7. The molecule has 0 amide bonds. The molecule has 1 aromatic heterocycles. The third kappa shape index (κ3) is 7.62. The van der Waals surface area contributed by atoms with Gasteiger partial charge in [0, 0.05) is 38.6 Å². The summed E-state index contributed by atoms with van der Waals surface area (Å²) in [5, 5.41) is 11.3. The number of aromatic nitrogens is 2. The first-order valence-corrected chi connectivity index (χ1v) is 10.5. The highest BCUT2D eigenvalue weighted by atomic mass is 127. The van der Waals surface area contributed by atoms with Crippen LogP contribution in [-0.4, -0.2) is 53.4 Å². The van der Waals surface area contributed by atoms with Gasteiger partial charge in [-0.2, -0.15) is 5.10 Å². The highest BCUT2D eigenvalue weighted by Crippen LogP contribution is 2.24. The molecule has 1 aromatic carbocycles. The summed E-state index contributed by atoms with van der Waals surface area (Å²) in [6.07, 6.45) is 6.42. The van der Waals surface area contributed by atoms with Gasteiger partial charge in [0.15, 0.2) is 5.96 Å². The Hall–Kier alpha value is -1.61. The standard InChI is InChI=1S/C22H34N6.HI/c1-3-23-22(24-16-19(2)18-28-15-9-12-26-28)25-17-21(27-13-7-8-14-27)20-10-5-4-6-11-20;/h4-6,9-12,15,19,21H,3,7-8,13-14,16-18H2,1-2H3,(H2,23,24,25);1H. The number of benzene rings is 1. The lowest BCUT2D eigenvalue weighted by Crippen LogP contribution is -2.43. The third-order valence-corrected chi connectivity index (χ3v) is 5.19. The monoisotopic (exact) mass is 510 g/mol. The van der Waals surface area contributed by atoms with E-state index in [4.69, 9.17) is 4.99 Å². The Morgan fingerprint density at radius 1 is 1.14 bits per heavy atom. The van der Waals surface area contributed by atoms with Crippen molar-refractivity contribution in [1.82, 2.24) is 25.3 Å². The van der Waals surface area contributed by atoms with Gasteiger partial charge in [-0.3, -0.25) is 14.6 Å². The predicted octanol–water partition coefficient (Wildman–Crippen LogP) is 3.53. The van der Waals surface area contributed by atoms with E-state index in [9.17, 15) is 0 Å². The van der Waals surface area contributed by atoms with Crippen molar-refractivity contribution in [3.63, 3.8) is 0 Å². The van der Waals surface area contributed by atoms with Crippen LogP contribution in [0.5, 0.6) is 0 Å². The van der Waals surface area contributed by atoms with E-state index in [2.05, 4.69) is 64.8 Å². The second kappa shape index (κ2) is 12.8. The van der Waals surface area contributed by atoms with Gasteiger partial charge in [-0.05, 0) is 50.4 Å². The number of rotatable bonds is 9. The zero-order chi connectivity index (χ0) is 19.6. The largest absolute Gasteiger partial charge is 0.357 e. The van der Waals surface area contributed by atoms with Crippen LogP contribution in [0.1, 0.15) is 38.3 Å². The Labute approximate surface area is 192 Å². The molecular weight excluding hydrogens is 475 g/mol. The van der Waals surface area contributed by atoms with Crippen LogP contribution in [0.2, 0.25) is 0 Å². The highest BCUT2D eigenvalue weighted by molar-refractivity contribution is 14.0. The van der Waals surface area contributed by atoms with Crippen LogP contribution >= 0.6 is 24.0 Å². The molecule has 1 fully saturated rings. The molecule has 2 atom stereocenters. The molecule has 29 heavy (non-hydrogen) atoms. The highest BCUT2D eigenvalue weighted by Gasteiger charge is 2.23. The average molecular weight is 510 g/mol. The number of hydrogen-bond acceptors (Lipinski definition) is 3. The summed E-state index contributed by atoms with van der Waals surface area (Å²) in [5.41, 5.74) is 1.37. The Morgan fingerprint density at radius 3 is 2.55 bits per heavy atom. The molecule has 6 nitrogen and oxygen atoms in total. The summed E-state index contributed by atoms with van der Waals surface area (Å²) in [4.78, 5) is 7.41. The fourth-order valence-electron chi connectivity index (χ4n) is 3.75. The number of nitrogens with zero attached hydrogens (tertiary/aromatic N) is 4. The zero-order valence-corrected chi connectivity index (χ0v) is 20.0. The molecule has 160 valence electrons. The molecule has 3 rings (SSSR count). The van der Waals surface area contributed by atoms with Gasteiger partial charge >= 0.3 is 0 Å². The van der Waals surface area contributed by atoms with Crippen molar-refractivity contribution in [1.29, 1.82) is 0 Å². The average Bonchev–Trinajstić information content (AvgIpc) is 3.41. The molecule has 2 heterocycles. The third-order valence-electron chi connectivity index (χ3n) is 5.19. The molecule has 1 aliphatic rings. The maximum absolute atomic E-state index is 4.82. The first-order valence-electron chi connectivity index (χ1n) is 10.5. The van der Waals surface area contributed by atoms with E-state index >= 15 is 0 Å². The maximum Gasteiger partial charge on any atom is 0.191 e. The van der Waals surface area contributed by atoms with Crippen molar-refractivity contribution >= 4 is 29.9 Å². The lowest BCUT2D eigenvalue weighted by Gasteiger charge is -2.29. The van der Waals surface area contributed by atoms with Crippen LogP contribution in [0.4, 0.5) is 0 Å². The summed E-state index contributed by atoms with van der Waals surface area (Å²) in [7, 11) is 0. The number of aliphatic imine (C=N–C) groups is 1. The summed E-state index contributed by atoms with van der Waals surface area (Å²) >= 11 is 0. The molecule has 2 aromatic rings. The fraction of sp³-hybridized carbons (Fsp3) is 0.545. The van der Waals surface area contributed by atoms with Crippen LogP contribution in [0.25, 0.3) is 0 Å². The number of guanidine groups is 1. The van der Waals surface area contributed by atoms with Crippen molar-refractivity contribution in [2.24, 2.45) is 10.9 Å².